The number of thiazole rings is 1. The van der Waals surface area contributed by atoms with Crippen LogP contribution in [0.15, 0.2) is 36.9 Å². The van der Waals surface area contributed by atoms with Crippen molar-refractivity contribution in [2.24, 2.45) is 5.92 Å². The number of hydrogen-bond donors (Lipinski definition) is 0. The first-order chi connectivity index (χ1) is 13.2. The van der Waals surface area contributed by atoms with Gasteiger partial charge in [0.15, 0.2) is 5.13 Å². The maximum Gasteiger partial charge on any atom is 0.231 e. The van der Waals surface area contributed by atoms with Crippen molar-refractivity contribution < 1.29 is 4.79 Å². The van der Waals surface area contributed by atoms with Gasteiger partial charge >= 0.3 is 0 Å². The normalized spacial score (nSPS) is 15.3. The molecule has 2 heterocycles. The highest BCUT2D eigenvalue weighted by Gasteiger charge is 2.28. The van der Waals surface area contributed by atoms with E-state index in [9.17, 15) is 4.79 Å². The second-order valence-electron chi connectivity index (χ2n) is 7.45. The van der Waals surface area contributed by atoms with Gasteiger partial charge < -0.3 is 4.57 Å². The van der Waals surface area contributed by atoms with Crippen molar-refractivity contribution in [3.8, 4) is 0 Å². The number of carbonyl (C=O) groups is 1. The predicted octanol–water partition coefficient (Wildman–Crippen LogP) is 4.80. The van der Waals surface area contributed by atoms with Gasteiger partial charge in [0.25, 0.3) is 0 Å². The molecule has 4 rings (SSSR count). The summed E-state index contributed by atoms with van der Waals surface area (Å²) in [5.74, 6) is 0.414. The summed E-state index contributed by atoms with van der Waals surface area (Å²) in [6, 6.07) is 6.29. The largest absolute Gasteiger partial charge is 0.337 e. The lowest BCUT2D eigenvalue weighted by Crippen LogP contribution is -2.38. The number of hydrogen-bond acceptors (Lipinski definition) is 4. The fourth-order valence-corrected chi connectivity index (χ4v) is 4.93. The van der Waals surface area contributed by atoms with Crippen molar-refractivity contribution in [3.63, 3.8) is 0 Å². The SMILES string of the molecule is Cc1ccc2nc(N(CCCn3ccnc3)C(=O)C3CCCCC3)sc2c1. The van der Waals surface area contributed by atoms with E-state index in [-0.39, 0.29) is 11.8 Å². The highest BCUT2D eigenvalue weighted by Crippen LogP contribution is 2.33. The average molecular weight is 383 g/mol. The quantitative estimate of drug-likeness (QED) is 0.615. The number of aryl methyl sites for hydroxylation is 2. The van der Waals surface area contributed by atoms with Crippen LogP contribution in [0.2, 0.25) is 0 Å². The Morgan fingerprint density at radius 1 is 1.30 bits per heavy atom. The van der Waals surface area contributed by atoms with Crippen LogP contribution in [0.25, 0.3) is 10.2 Å². The first-order valence-corrected chi connectivity index (χ1v) is 10.7. The van der Waals surface area contributed by atoms with Crippen LogP contribution in [0, 0.1) is 12.8 Å². The summed E-state index contributed by atoms with van der Waals surface area (Å²) in [5, 5.41) is 0.844. The molecule has 5 nitrogen and oxygen atoms in total. The van der Waals surface area contributed by atoms with Gasteiger partial charge in [-0.05, 0) is 43.9 Å². The smallest absolute Gasteiger partial charge is 0.231 e. The van der Waals surface area contributed by atoms with E-state index < -0.39 is 0 Å². The lowest BCUT2D eigenvalue weighted by molar-refractivity contribution is -0.123. The van der Waals surface area contributed by atoms with Gasteiger partial charge in [0.05, 0.1) is 16.5 Å². The van der Waals surface area contributed by atoms with E-state index in [1.807, 2.05) is 17.4 Å². The summed E-state index contributed by atoms with van der Waals surface area (Å²) in [4.78, 5) is 24.1. The molecule has 0 N–H and O–H groups in total. The third kappa shape index (κ3) is 4.21. The minimum absolute atomic E-state index is 0.153. The van der Waals surface area contributed by atoms with Crippen molar-refractivity contribution in [3.05, 3.63) is 42.5 Å². The molecule has 142 valence electrons. The number of carbonyl (C=O) groups excluding carboxylic acids is 1. The second kappa shape index (κ2) is 8.21. The Morgan fingerprint density at radius 2 is 2.15 bits per heavy atom. The summed E-state index contributed by atoms with van der Waals surface area (Å²) in [6.07, 6.45) is 12.1. The Labute approximate surface area is 164 Å². The molecule has 3 aromatic rings. The molecular formula is C21H26N4OS. The number of rotatable bonds is 6. The van der Waals surface area contributed by atoms with Crippen molar-refractivity contribution in [1.82, 2.24) is 14.5 Å². The Morgan fingerprint density at radius 3 is 2.93 bits per heavy atom. The van der Waals surface area contributed by atoms with Crippen molar-refractivity contribution in [2.75, 3.05) is 11.4 Å². The average Bonchev–Trinajstić information content (AvgIpc) is 3.34. The van der Waals surface area contributed by atoms with Crippen LogP contribution in [0.5, 0.6) is 0 Å². The molecule has 1 aromatic carbocycles. The molecule has 1 saturated carbocycles. The molecule has 0 spiro atoms. The Balaban J connectivity index is 1.56. The van der Waals surface area contributed by atoms with Gasteiger partial charge in [0, 0.05) is 31.4 Å². The van der Waals surface area contributed by atoms with Gasteiger partial charge in [-0.1, -0.05) is 36.7 Å². The lowest BCUT2D eigenvalue weighted by atomic mass is 9.88. The van der Waals surface area contributed by atoms with Crippen molar-refractivity contribution in [2.45, 2.75) is 52.0 Å². The Kier molecular flexibility index (Phi) is 5.53. The molecule has 6 heteroatoms. The zero-order valence-corrected chi connectivity index (χ0v) is 16.6. The van der Waals surface area contributed by atoms with Crippen LogP contribution in [0.4, 0.5) is 5.13 Å². The number of nitrogens with zero attached hydrogens (tertiary/aromatic N) is 4. The van der Waals surface area contributed by atoms with Gasteiger partial charge in [0.1, 0.15) is 0 Å². The van der Waals surface area contributed by atoms with Crippen molar-refractivity contribution in [1.29, 1.82) is 0 Å². The third-order valence-corrected chi connectivity index (χ3v) is 6.38. The number of aromatic nitrogens is 3. The third-order valence-electron chi connectivity index (χ3n) is 5.34. The maximum atomic E-state index is 13.3. The summed E-state index contributed by atoms with van der Waals surface area (Å²) in [7, 11) is 0. The van der Waals surface area contributed by atoms with Gasteiger partial charge in [0.2, 0.25) is 5.91 Å². The molecule has 0 aliphatic heterocycles. The molecule has 27 heavy (non-hydrogen) atoms. The number of amides is 1. The Hall–Kier alpha value is -2.21. The molecule has 1 aliphatic carbocycles. The minimum Gasteiger partial charge on any atom is -0.337 e. The molecule has 0 unspecified atom stereocenters. The van der Waals surface area contributed by atoms with E-state index in [1.54, 1.807) is 17.5 Å². The molecular weight excluding hydrogens is 356 g/mol. The van der Waals surface area contributed by atoms with Crippen molar-refractivity contribution >= 4 is 32.6 Å². The van der Waals surface area contributed by atoms with E-state index in [4.69, 9.17) is 4.98 Å². The van der Waals surface area contributed by atoms with E-state index >= 15 is 0 Å². The number of benzene rings is 1. The number of fused-ring (bicyclic) bond motifs is 1. The second-order valence-corrected chi connectivity index (χ2v) is 8.46. The molecule has 1 fully saturated rings. The first kappa shape index (κ1) is 18.2. The monoisotopic (exact) mass is 382 g/mol. The molecule has 1 amide bonds. The van der Waals surface area contributed by atoms with Crippen LogP contribution in [-0.4, -0.2) is 27.0 Å². The Bertz CT molecular complexity index is 896. The van der Waals surface area contributed by atoms with Gasteiger partial charge in [-0.25, -0.2) is 9.97 Å². The zero-order valence-electron chi connectivity index (χ0n) is 15.8. The van der Waals surface area contributed by atoms with E-state index in [2.05, 4.69) is 34.7 Å². The van der Waals surface area contributed by atoms with Gasteiger partial charge in [-0.15, -0.1) is 0 Å². The van der Waals surface area contributed by atoms with E-state index in [0.717, 1.165) is 41.2 Å². The highest BCUT2D eigenvalue weighted by atomic mass is 32.1. The van der Waals surface area contributed by atoms with Crippen LogP contribution in [0.1, 0.15) is 44.1 Å². The lowest BCUT2D eigenvalue weighted by Gasteiger charge is -2.27. The van der Waals surface area contributed by atoms with E-state index in [1.165, 1.54) is 24.8 Å². The summed E-state index contributed by atoms with van der Waals surface area (Å²) >= 11 is 1.63. The minimum atomic E-state index is 0.153. The van der Waals surface area contributed by atoms with Crippen LogP contribution in [-0.2, 0) is 11.3 Å². The zero-order chi connectivity index (χ0) is 18.6. The van der Waals surface area contributed by atoms with Crippen LogP contribution < -0.4 is 4.90 Å². The van der Waals surface area contributed by atoms with Crippen LogP contribution >= 0.6 is 11.3 Å². The predicted molar refractivity (Wildman–Crippen MR) is 110 cm³/mol. The summed E-state index contributed by atoms with van der Waals surface area (Å²) in [6.45, 7) is 3.65. The van der Waals surface area contributed by atoms with Gasteiger partial charge in [-0.2, -0.15) is 0 Å². The maximum absolute atomic E-state index is 13.3. The molecule has 0 atom stereocenters. The fraction of sp³-hybridized carbons (Fsp3) is 0.476. The standard InChI is InChI=1S/C21H26N4OS/c1-16-8-9-18-19(14-16)27-21(23-18)25(12-5-11-24-13-10-22-15-24)20(26)17-6-3-2-4-7-17/h8-10,13-15,17H,2-7,11-12H2,1H3. The number of anilines is 1. The molecule has 1 aliphatic rings. The highest BCUT2D eigenvalue weighted by molar-refractivity contribution is 7.22. The topological polar surface area (TPSA) is 51.0 Å². The molecule has 0 radical (unpaired) electrons. The molecule has 2 aromatic heterocycles. The summed E-state index contributed by atoms with van der Waals surface area (Å²) in [5.41, 5.74) is 2.21. The van der Waals surface area contributed by atoms with Gasteiger partial charge in [-0.3, -0.25) is 9.69 Å². The summed E-state index contributed by atoms with van der Waals surface area (Å²) < 4.78 is 3.21. The number of imidazole rings is 1. The molecule has 0 bridgehead atoms. The first-order valence-electron chi connectivity index (χ1n) is 9.85. The fourth-order valence-electron chi connectivity index (χ4n) is 3.84. The van der Waals surface area contributed by atoms with Crippen LogP contribution in [0.3, 0.4) is 0 Å². The van der Waals surface area contributed by atoms with E-state index in [0.29, 0.717) is 6.54 Å². The molecule has 0 saturated heterocycles.